The molecule has 0 aliphatic carbocycles. The van der Waals surface area contributed by atoms with Crippen LogP contribution < -0.4 is 5.32 Å². The Morgan fingerprint density at radius 1 is 1.37 bits per heavy atom. The van der Waals surface area contributed by atoms with Crippen LogP contribution in [0.3, 0.4) is 0 Å². The van der Waals surface area contributed by atoms with Gasteiger partial charge in [-0.1, -0.05) is 11.6 Å². The predicted molar refractivity (Wildman–Crippen MR) is 73.1 cm³/mol. The van der Waals surface area contributed by atoms with Gasteiger partial charge < -0.3 is 5.32 Å². The smallest absolute Gasteiger partial charge is 0.255 e. The van der Waals surface area contributed by atoms with Gasteiger partial charge in [0, 0.05) is 17.5 Å². The summed E-state index contributed by atoms with van der Waals surface area (Å²) in [5.74, 6) is -0.267. The standard InChI is InChI=1S/C14H10ClN3O/c1-9-6-11(4-5-17-9)14(19)18-13-3-2-10(8-16)7-12(13)15/h2-7H,1H3,(H,18,19). The minimum absolute atomic E-state index is 0.267. The fraction of sp³-hybridized carbons (Fsp3) is 0.0714. The van der Waals surface area contributed by atoms with Gasteiger partial charge in [-0.05, 0) is 37.3 Å². The molecule has 19 heavy (non-hydrogen) atoms. The number of hydrogen-bond acceptors (Lipinski definition) is 3. The third kappa shape index (κ3) is 3.09. The molecule has 1 aromatic carbocycles. The topological polar surface area (TPSA) is 65.8 Å². The molecule has 0 atom stereocenters. The molecule has 0 bridgehead atoms. The van der Waals surface area contributed by atoms with Gasteiger partial charge in [0.05, 0.1) is 22.3 Å². The number of nitrogens with zero attached hydrogens (tertiary/aromatic N) is 2. The predicted octanol–water partition coefficient (Wildman–Crippen LogP) is 3.17. The maximum Gasteiger partial charge on any atom is 0.255 e. The van der Waals surface area contributed by atoms with Gasteiger partial charge in [0.2, 0.25) is 0 Å². The molecule has 94 valence electrons. The quantitative estimate of drug-likeness (QED) is 0.912. The lowest BCUT2D eigenvalue weighted by atomic mass is 10.2. The third-order valence-corrected chi connectivity index (χ3v) is 2.82. The highest BCUT2D eigenvalue weighted by molar-refractivity contribution is 6.34. The van der Waals surface area contributed by atoms with Crippen molar-refractivity contribution in [1.29, 1.82) is 5.26 Å². The highest BCUT2D eigenvalue weighted by atomic mass is 35.5. The van der Waals surface area contributed by atoms with E-state index in [1.54, 1.807) is 30.5 Å². The normalized spacial score (nSPS) is 9.74. The second-order valence-electron chi connectivity index (χ2n) is 3.95. The molecule has 0 saturated heterocycles. The largest absolute Gasteiger partial charge is 0.321 e. The number of aryl methyl sites for hydroxylation is 1. The van der Waals surface area contributed by atoms with Crippen molar-refractivity contribution in [2.24, 2.45) is 0 Å². The monoisotopic (exact) mass is 271 g/mol. The molecule has 0 saturated carbocycles. The summed E-state index contributed by atoms with van der Waals surface area (Å²) in [7, 11) is 0. The molecular weight excluding hydrogens is 262 g/mol. The van der Waals surface area contributed by atoms with Crippen LogP contribution in [0, 0.1) is 18.3 Å². The summed E-state index contributed by atoms with van der Waals surface area (Å²) in [6, 6.07) is 10.0. The first-order valence-electron chi connectivity index (χ1n) is 5.54. The number of benzene rings is 1. The van der Waals surface area contributed by atoms with Crippen molar-refractivity contribution in [2.45, 2.75) is 6.92 Å². The molecule has 0 radical (unpaired) electrons. The van der Waals surface area contributed by atoms with Crippen LogP contribution in [-0.2, 0) is 0 Å². The van der Waals surface area contributed by atoms with Crippen molar-refractivity contribution in [2.75, 3.05) is 5.32 Å². The molecule has 1 heterocycles. The molecule has 1 N–H and O–H groups in total. The van der Waals surface area contributed by atoms with Gasteiger partial charge in [-0.3, -0.25) is 9.78 Å². The molecule has 2 aromatic rings. The molecule has 4 nitrogen and oxygen atoms in total. The second-order valence-corrected chi connectivity index (χ2v) is 4.35. The number of aromatic nitrogens is 1. The Balaban J connectivity index is 2.22. The van der Waals surface area contributed by atoms with Crippen LogP contribution in [0.2, 0.25) is 5.02 Å². The van der Waals surface area contributed by atoms with Crippen LogP contribution in [0.15, 0.2) is 36.5 Å². The van der Waals surface area contributed by atoms with Crippen LogP contribution in [0.5, 0.6) is 0 Å². The lowest BCUT2D eigenvalue weighted by Crippen LogP contribution is -2.12. The number of amides is 1. The van der Waals surface area contributed by atoms with Gasteiger partial charge in [0.1, 0.15) is 0 Å². The molecule has 0 aliphatic heterocycles. The first kappa shape index (κ1) is 13.1. The second kappa shape index (κ2) is 5.51. The summed E-state index contributed by atoms with van der Waals surface area (Å²) in [5.41, 5.74) is 2.19. The zero-order valence-electron chi connectivity index (χ0n) is 10.1. The van der Waals surface area contributed by atoms with E-state index < -0.39 is 0 Å². The fourth-order valence-corrected chi connectivity index (χ4v) is 1.80. The summed E-state index contributed by atoms with van der Waals surface area (Å²) in [6.07, 6.45) is 1.57. The third-order valence-electron chi connectivity index (χ3n) is 2.51. The van der Waals surface area contributed by atoms with Gasteiger partial charge in [0.25, 0.3) is 5.91 Å². The maximum atomic E-state index is 12.0. The number of carbonyl (C=O) groups is 1. The average molecular weight is 272 g/mol. The Bertz CT molecular complexity index is 677. The molecule has 0 aliphatic rings. The van der Waals surface area contributed by atoms with Crippen LogP contribution in [0.1, 0.15) is 21.6 Å². The summed E-state index contributed by atoms with van der Waals surface area (Å²) in [4.78, 5) is 16.0. The van der Waals surface area contributed by atoms with E-state index >= 15 is 0 Å². The Hall–Kier alpha value is -2.38. The summed E-state index contributed by atoms with van der Waals surface area (Å²) in [6.45, 7) is 1.81. The van der Waals surface area contributed by atoms with Crippen molar-refractivity contribution in [1.82, 2.24) is 4.98 Å². The number of anilines is 1. The van der Waals surface area contributed by atoms with Crippen LogP contribution in [-0.4, -0.2) is 10.9 Å². The number of hydrogen-bond donors (Lipinski definition) is 1. The Morgan fingerprint density at radius 2 is 2.16 bits per heavy atom. The average Bonchev–Trinajstić information content (AvgIpc) is 2.41. The molecule has 1 aromatic heterocycles. The van der Waals surface area contributed by atoms with E-state index in [0.717, 1.165) is 5.69 Å². The molecule has 1 amide bonds. The number of nitriles is 1. The van der Waals surface area contributed by atoms with Gasteiger partial charge >= 0.3 is 0 Å². The van der Waals surface area contributed by atoms with E-state index in [-0.39, 0.29) is 5.91 Å². The van der Waals surface area contributed by atoms with Crippen molar-refractivity contribution < 1.29 is 4.79 Å². The Labute approximate surface area is 115 Å². The van der Waals surface area contributed by atoms with Crippen molar-refractivity contribution in [3.8, 4) is 6.07 Å². The van der Waals surface area contributed by atoms with E-state index in [1.165, 1.54) is 6.07 Å². The lowest BCUT2D eigenvalue weighted by molar-refractivity contribution is 0.102. The van der Waals surface area contributed by atoms with Crippen LogP contribution in [0.25, 0.3) is 0 Å². The molecule has 0 spiro atoms. The van der Waals surface area contributed by atoms with Crippen molar-refractivity contribution in [3.63, 3.8) is 0 Å². The number of carbonyl (C=O) groups excluding carboxylic acids is 1. The van der Waals surface area contributed by atoms with E-state index in [4.69, 9.17) is 16.9 Å². The minimum Gasteiger partial charge on any atom is -0.321 e. The van der Waals surface area contributed by atoms with Gasteiger partial charge in [-0.15, -0.1) is 0 Å². The lowest BCUT2D eigenvalue weighted by Gasteiger charge is -2.07. The fourth-order valence-electron chi connectivity index (χ4n) is 1.57. The van der Waals surface area contributed by atoms with Gasteiger partial charge in [-0.2, -0.15) is 5.26 Å². The first-order chi connectivity index (χ1) is 9.10. The Morgan fingerprint density at radius 3 is 2.79 bits per heavy atom. The summed E-state index contributed by atoms with van der Waals surface area (Å²) >= 11 is 5.99. The van der Waals surface area contributed by atoms with E-state index in [9.17, 15) is 4.79 Å². The van der Waals surface area contributed by atoms with Gasteiger partial charge in [0.15, 0.2) is 0 Å². The van der Waals surface area contributed by atoms with Crippen LogP contribution in [0.4, 0.5) is 5.69 Å². The Kier molecular flexibility index (Phi) is 3.79. The highest BCUT2D eigenvalue weighted by Gasteiger charge is 2.09. The van der Waals surface area contributed by atoms with Crippen molar-refractivity contribution in [3.05, 3.63) is 58.4 Å². The number of nitrogens with one attached hydrogen (secondary N) is 1. The highest BCUT2D eigenvalue weighted by Crippen LogP contribution is 2.23. The number of rotatable bonds is 2. The molecule has 2 rings (SSSR count). The van der Waals surface area contributed by atoms with E-state index in [0.29, 0.717) is 21.8 Å². The molecule has 5 heteroatoms. The number of halogens is 1. The molecule has 0 fully saturated rings. The molecule has 0 unspecified atom stereocenters. The maximum absolute atomic E-state index is 12.0. The van der Waals surface area contributed by atoms with E-state index in [2.05, 4.69) is 10.3 Å². The van der Waals surface area contributed by atoms with Crippen molar-refractivity contribution >= 4 is 23.2 Å². The number of pyridine rings is 1. The zero-order valence-corrected chi connectivity index (χ0v) is 10.9. The van der Waals surface area contributed by atoms with E-state index in [1.807, 2.05) is 13.0 Å². The zero-order chi connectivity index (χ0) is 13.8. The summed E-state index contributed by atoms with van der Waals surface area (Å²) < 4.78 is 0. The molecular formula is C14H10ClN3O. The van der Waals surface area contributed by atoms with Gasteiger partial charge in [-0.25, -0.2) is 0 Å². The van der Waals surface area contributed by atoms with Crippen LogP contribution >= 0.6 is 11.6 Å². The summed E-state index contributed by atoms with van der Waals surface area (Å²) in [5, 5.41) is 11.8. The minimum atomic E-state index is -0.267. The first-order valence-corrected chi connectivity index (χ1v) is 5.91. The SMILES string of the molecule is Cc1cc(C(=O)Nc2ccc(C#N)cc2Cl)ccn1.